The van der Waals surface area contributed by atoms with Crippen molar-refractivity contribution in [3.8, 4) is 0 Å². The maximum atomic E-state index is 11.7. The average molecular weight is 335 g/mol. The summed E-state index contributed by atoms with van der Waals surface area (Å²) in [6.07, 6.45) is 14.4. The first-order valence-electron chi connectivity index (χ1n) is 8.75. The summed E-state index contributed by atoms with van der Waals surface area (Å²) in [5.74, 6) is -0.00273. The van der Waals surface area contributed by atoms with Gasteiger partial charge in [0, 0.05) is 19.0 Å². The molecule has 0 aliphatic heterocycles. The highest BCUT2D eigenvalue weighted by molar-refractivity contribution is 5.94. The summed E-state index contributed by atoms with van der Waals surface area (Å²) in [6, 6.07) is 12.0. The van der Waals surface area contributed by atoms with Gasteiger partial charge in [-0.05, 0) is 35.3 Å². The zero-order chi connectivity index (χ0) is 17.7. The minimum absolute atomic E-state index is 0.00273. The molecule has 0 saturated heterocycles. The second-order valence-corrected chi connectivity index (χ2v) is 5.85. The molecule has 0 saturated carbocycles. The number of hydrogen-bond donors (Lipinski definition) is 0. The van der Waals surface area contributed by atoms with Crippen molar-refractivity contribution >= 4 is 24.0 Å². The maximum absolute atomic E-state index is 11.7. The van der Waals surface area contributed by atoms with Gasteiger partial charge in [-0.3, -0.25) is 9.78 Å². The highest BCUT2D eigenvalue weighted by atomic mass is 16.5. The first-order chi connectivity index (χ1) is 12.3. The van der Waals surface area contributed by atoms with Crippen LogP contribution < -0.4 is 0 Å². The van der Waals surface area contributed by atoms with Crippen LogP contribution in [0.2, 0.25) is 0 Å². The van der Waals surface area contributed by atoms with Crippen molar-refractivity contribution in [1.29, 1.82) is 0 Å². The largest absolute Gasteiger partial charge is 0.373 e. The van der Waals surface area contributed by atoms with Crippen LogP contribution in [0.3, 0.4) is 0 Å². The summed E-state index contributed by atoms with van der Waals surface area (Å²) < 4.78 is 5.36. The minimum atomic E-state index is -0.00273. The van der Waals surface area contributed by atoms with E-state index >= 15 is 0 Å². The van der Waals surface area contributed by atoms with Crippen LogP contribution >= 0.6 is 0 Å². The van der Waals surface area contributed by atoms with Crippen molar-refractivity contribution in [2.45, 2.75) is 26.2 Å². The van der Waals surface area contributed by atoms with E-state index in [1.165, 1.54) is 0 Å². The molecule has 0 atom stereocenters. The van der Waals surface area contributed by atoms with Gasteiger partial charge in [0.2, 0.25) is 0 Å². The summed E-state index contributed by atoms with van der Waals surface area (Å²) in [6.45, 7) is 2.96. The lowest BCUT2D eigenvalue weighted by molar-refractivity contribution is -0.118. The minimum Gasteiger partial charge on any atom is -0.373 e. The second kappa shape index (κ2) is 11.1. The Hall–Kier alpha value is -2.52. The molecule has 0 aliphatic carbocycles. The molecule has 130 valence electrons. The summed E-state index contributed by atoms with van der Waals surface area (Å²) >= 11 is 0. The van der Waals surface area contributed by atoms with Crippen LogP contribution in [0.5, 0.6) is 0 Å². The molecule has 25 heavy (non-hydrogen) atoms. The third-order valence-electron chi connectivity index (χ3n) is 3.69. The van der Waals surface area contributed by atoms with Crippen molar-refractivity contribution in [3.63, 3.8) is 0 Å². The van der Waals surface area contributed by atoms with Crippen LogP contribution in [0, 0.1) is 0 Å². The molecule has 3 heteroatoms. The van der Waals surface area contributed by atoms with Crippen LogP contribution in [0.25, 0.3) is 18.2 Å². The predicted octanol–water partition coefficient (Wildman–Crippen LogP) is 5.04. The van der Waals surface area contributed by atoms with Crippen LogP contribution in [-0.4, -0.2) is 24.0 Å². The number of carbonyl (C=O) groups is 1. The van der Waals surface area contributed by atoms with Crippen molar-refractivity contribution in [2.75, 3.05) is 13.2 Å². The van der Waals surface area contributed by atoms with Gasteiger partial charge in [-0.25, -0.2) is 0 Å². The van der Waals surface area contributed by atoms with Gasteiger partial charge in [0.15, 0.2) is 5.78 Å². The fraction of sp³-hybridized carbons (Fsp3) is 0.273. The molecule has 3 nitrogen and oxygen atoms in total. The van der Waals surface area contributed by atoms with Gasteiger partial charge in [0.05, 0.1) is 0 Å². The van der Waals surface area contributed by atoms with E-state index in [-0.39, 0.29) is 12.4 Å². The Morgan fingerprint density at radius 3 is 2.40 bits per heavy atom. The van der Waals surface area contributed by atoms with Gasteiger partial charge in [0.25, 0.3) is 0 Å². The molecule has 0 aliphatic rings. The average Bonchev–Trinajstić information content (AvgIpc) is 2.66. The van der Waals surface area contributed by atoms with Gasteiger partial charge in [-0.1, -0.05) is 68.3 Å². The smallest absolute Gasteiger partial charge is 0.181 e. The SMILES string of the molecule is CCCCCOCC(=O)/C=C/c1ccc(/C=C/c2cccnc2)cc1. The number of hydrogen-bond acceptors (Lipinski definition) is 3. The Bertz CT molecular complexity index is 688. The highest BCUT2D eigenvalue weighted by Gasteiger charge is 1.97. The number of nitrogens with zero attached hydrogens (tertiary/aromatic N) is 1. The molecule has 0 radical (unpaired) electrons. The molecular formula is C22H25NO2. The number of rotatable bonds is 10. The molecule has 0 fully saturated rings. The first-order valence-corrected chi connectivity index (χ1v) is 8.75. The van der Waals surface area contributed by atoms with E-state index in [1.54, 1.807) is 12.3 Å². The van der Waals surface area contributed by atoms with E-state index in [0.717, 1.165) is 36.0 Å². The molecule has 0 bridgehead atoms. The van der Waals surface area contributed by atoms with E-state index in [2.05, 4.69) is 11.9 Å². The summed E-state index contributed by atoms with van der Waals surface area (Å²) in [4.78, 5) is 15.8. The van der Waals surface area contributed by atoms with Crippen LogP contribution in [0.4, 0.5) is 0 Å². The highest BCUT2D eigenvalue weighted by Crippen LogP contribution is 2.10. The normalized spacial score (nSPS) is 11.4. The first kappa shape index (κ1) is 18.8. The monoisotopic (exact) mass is 335 g/mol. The molecule has 2 aromatic rings. The van der Waals surface area contributed by atoms with Crippen molar-refractivity contribution in [2.24, 2.45) is 0 Å². The molecular weight excluding hydrogens is 310 g/mol. The van der Waals surface area contributed by atoms with Gasteiger partial charge in [0.1, 0.15) is 6.61 Å². The Morgan fingerprint density at radius 1 is 1.00 bits per heavy atom. The van der Waals surface area contributed by atoms with Gasteiger partial charge in [-0.2, -0.15) is 0 Å². The molecule has 0 amide bonds. The number of ether oxygens (including phenoxy) is 1. The number of aromatic nitrogens is 1. The van der Waals surface area contributed by atoms with Crippen molar-refractivity contribution in [3.05, 3.63) is 71.6 Å². The number of unbranched alkanes of at least 4 members (excludes halogenated alkanes) is 2. The maximum Gasteiger partial charge on any atom is 0.181 e. The zero-order valence-electron chi connectivity index (χ0n) is 14.7. The Balaban J connectivity index is 1.79. The van der Waals surface area contributed by atoms with Crippen LogP contribution in [0.1, 0.15) is 42.9 Å². The fourth-order valence-corrected chi connectivity index (χ4v) is 2.25. The number of pyridine rings is 1. The Morgan fingerprint density at radius 2 is 1.72 bits per heavy atom. The van der Waals surface area contributed by atoms with E-state index in [1.807, 2.05) is 60.8 Å². The molecule has 0 spiro atoms. The van der Waals surface area contributed by atoms with E-state index in [4.69, 9.17) is 4.74 Å². The van der Waals surface area contributed by atoms with E-state index in [9.17, 15) is 4.79 Å². The summed E-state index contributed by atoms with van der Waals surface area (Å²) in [5, 5.41) is 0. The molecule has 0 N–H and O–H groups in total. The summed E-state index contributed by atoms with van der Waals surface area (Å²) in [7, 11) is 0. The fourth-order valence-electron chi connectivity index (χ4n) is 2.25. The predicted molar refractivity (Wildman–Crippen MR) is 104 cm³/mol. The lowest BCUT2D eigenvalue weighted by atomic mass is 10.1. The molecule has 1 aromatic heterocycles. The zero-order valence-corrected chi connectivity index (χ0v) is 14.7. The molecule has 1 aromatic carbocycles. The van der Waals surface area contributed by atoms with Gasteiger partial charge < -0.3 is 4.74 Å². The Labute approximate surface area is 150 Å². The quantitative estimate of drug-likeness (QED) is 0.451. The number of carbonyl (C=O) groups excluding carboxylic acids is 1. The second-order valence-electron chi connectivity index (χ2n) is 5.85. The lowest BCUT2D eigenvalue weighted by Gasteiger charge is -2.00. The van der Waals surface area contributed by atoms with Crippen LogP contribution in [0.15, 0.2) is 54.9 Å². The van der Waals surface area contributed by atoms with Gasteiger partial charge in [-0.15, -0.1) is 0 Å². The standard InChI is InChI=1S/C22H25NO2/c1-2-3-4-16-25-18-22(24)14-13-20-9-7-19(8-10-20)11-12-21-6-5-15-23-17-21/h5-15,17H,2-4,16,18H2,1H3/b12-11+,14-13+. The third kappa shape index (κ3) is 7.73. The molecule has 0 unspecified atom stereocenters. The van der Waals surface area contributed by atoms with Crippen molar-refractivity contribution < 1.29 is 9.53 Å². The van der Waals surface area contributed by atoms with E-state index < -0.39 is 0 Å². The third-order valence-corrected chi connectivity index (χ3v) is 3.69. The number of benzene rings is 1. The molecule has 2 rings (SSSR count). The molecule has 1 heterocycles. The topological polar surface area (TPSA) is 39.2 Å². The van der Waals surface area contributed by atoms with Crippen LogP contribution in [-0.2, 0) is 9.53 Å². The van der Waals surface area contributed by atoms with Crippen molar-refractivity contribution in [1.82, 2.24) is 4.98 Å². The van der Waals surface area contributed by atoms with Gasteiger partial charge >= 0.3 is 0 Å². The van der Waals surface area contributed by atoms with E-state index in [0.29, 0.717) is 6.61 Å². The summed E-state index contributed by atoms with van der Waals surface area (Å²) in [5.41, 5.74) is 3.17. The number of ketones is 1. The Kier molecular flexibility index (Phi) is 8.36. The lowest BCUT2D eigenvalue weighted by Crippen LogP contribution is -2.06.